The van der Waals surface area contributed by atoms with Gasteiger partial charge in [0.15, 0.2) is 0 Å². The molecule has 0 aromatic heterocycles. The van der Waals surface area contributed by atoms with Gasteiger partial charge in [0.2, 0.25) is 0 Å². The van der Waals surface area contributed by atoms with Gasteiger partial charge in [-0.1, -0.05) is 151 Å². The summed E-state index contributed by atoms with van der Waals surface area (Å²) in [6.45, 7) is 0. The van der Waals surface area contributed by atoms with Crippen LogP contribution in [0.2, 0.25) is 0 Å². The van der Waals surface area contributed by atoms with Crippen molar-refractivity contribution in [3.8, 4) is 0 Å². The third-order valence-electron chi connectivity index (χ3n) is 8.18. The van der Waals surface area contributed by atoms with Crippen molar-refractivity contribution in [3.63, 3.8) is 0 Å². The Balaban J connectivity index is 0.000000160. The van der Waals surface area contributed by atoms with Crippen LogP contribution in [0.5, 0.6) is 0 Å². The normalized spacial score (nSPS) is 14.9. The zero-order chi connectivity index (χ0) is 33.8. The van der Waals surface area contributed by atoms with E-state index in [-0.39, 0.29) is 36.9 Å². The molecule has 0 amide bonds. The Morgan fingerprint density at radius 3 is 1.06 bits per heavy atom. The van der Waals surface area contributed by atoms with Crippen molar-refractivity contribution >= 4 is 29.4 Å². The molecule has 0 heterocycles. The van der Waals surface area contributed by atoms with Crippen LogP contribution in [0.25, 0.3) is 5.57 Å². The topological polar surface area (TPSA) is 0 Å². The molecule has 0 saturated heterocycles. The van der Waals surface area contributed by atoms with Crippen LogP contribution in [0.4, 0.5) is 13.2 Å². The molecule has 8 rings (SSSR count). The van der Waals surface area contributed by atoms with E-state index >= 15 is 0 Å². The summed E-state index contributed by atoms with van der Waals surface area (Å²) in [5.41, 5.74) is 4.58. The quantitative estimate of drug-likeness (QED) is 0.0521. The molecule has 50 heavy (non-hydrogen) atoms. The van der Waals surface area contributed by atoms with Gasteiger partial charge in [-0.3, -0.25) is 0 Å². The van der Waals surface area contributed by atoms with Gasteiger partial charge >= 0.3 is 0 Å². The molecule has 2 aliphatic rings. The summed E-state index contributed by atoms with van der Waals surface area (Å²) in [7, 11) is -0.983. The first-order chi connectivity index (χ1) is 24.0. The summed E-state index contributed by atoms with van der Waals surface area (Å²) in [6.07, 6.45) is 14.1. The average Bonchev–Trinajstić information content (AvgIpc) is 3.82. The van der Waals surface area contributed by atoms with Gasteiger partial charge in [-0.05, 0) is 78.5 Å². The molecule has 0 saturated carbocycles. The molecule has 5 heteroatoms. The van der Waals surface area contributed by atoms with Gasteiger partial charge in [0.05, 0.1) is 0 Å². The van der Waals surface area contributed by atoms with E-state index in [0.29, 0.717) is 0 Å². The van der Waals surface area contributed by atoms with Crippen molar-refractivity contribution in [1.29, 1.82) is 0 Å². The molecular formula is C45H35F3PRh-. The van der Waals surface area contributed by atoms with E-state index in [4.69, 9.17) is 0 Å². The Bertz CT molecular complexity index is 1810. The number of fused-ring (bicyclic) bond motifs is 2. The number of benzene rings is 6. The minimum Gasteiger partial charge on any atom is -0.207 e. The minimum atomic E-state index is -0.983. The fourth-order valence-electron chi connectivity index (χ4n) is 5.73. The maximum atomic E-state index is 13.2. The number of halogens is 3. The van der Waals surface area contributed by atoms with E-state index in [2.05, 4.69) is 91.0 Å². The molecule has 0 fully saturated rings. The molecule has 0 spiro atoms. The van der Waals surface area contributed by atoms with Crippen LogP contribution in [0.1, 0.15) is 23.1 Å². The molecular weight excluding hydrogens is 731 g/mol. The Morgan fingerprint density at radius 2 is 0.760 bits per heavy atom. The Hall–Kier alpha value is -4.62. The number of hydrogen-bond donors (Lipinski definition) is 0. The van der Waals surface area contributed by atoms with Gasteiger partial charge < -0.3 is 0 Å². The van der Waals surface area contributed by atoms with Crippen LogP contribution < -0.4 is 15.9 Å². The molecule has 0 aliphatic heterocycles. The number of hydrogen-bond acceptors (Lipinski definition) is 0. The monoisotopic (exact) mass is 766 g/mol. The fraction of sp³-hybridized carbons (Fsp3) is 0.0667. The maximum Gasteiger partial charge on any atom is 0.123 e. The predicted molar refractivity (Wildman–Crippen MR) is 199 cm³/mol. The standard InChI is InChI=1S/C20H15.C18H12F3P.C7H8.Rh/c1-4-10-17(11-5-1)16-20(18-12-6-2-7-13-18)19-14-8-3-9-15-19;19-13-1-7-16(8-2-13)22(17-9-3-14(20)4-10-17)18-11-5-15(21)6-12-18;1-2-7-4-3-6(1)5-7;/h1-15H;1-12H;1-4,6-7H,5H2;/q-1;;;. The van der Waals surface area contributed by atoms with E-state index in [1.165, 1.54) is 53.9 Å². The summed E-state index contributed by atoms with van der Waals surface area (Å²) in [5.74, 6) is 0.695. The van der Waals surface area contributed by atoms with Crippen LogP contribution in [-0.2, 0) is 19.5 Å². The smallest absolute Gasteiger partial charge is 0.123 e. The number of allylic oxidation sites excluding steroid dienone is 4. The van der Waals surface area contributed by atoms with Crippen LogP contribution in [-0.4, -0.2) is 0 Å². The molecule has 251 valence electrons. The molecule has 6 aromatic carbocycles. The second-order valence-corrected chi connectivity index (χ2v) is 13.9. The predicted octanol–water partition coefficient (Wildman–Crippen LogP) is 10.6. The van der Waals surface area contributed by atoms with Gasteiger partial charge in [-0.2, -0.15) is 0 Å². The Labute approximate surface area is 307 Å². The fourth-order valence-corrected chi connectivity index (χ4v) is 7.97. The first-order valence-electron chi connectivity index (χ1n) is 16.3. The second kappa shape index (κ2) is 18.4. The minimum absolute atomic E-state index is 0. The van der Waals surface area contributed by atoms with Crippen LogP contribution >= 0.6 is 7.92 Å². The van der Waals surface area contributed by atoms with Crippen LogP contribution in [0, 0.1) is 35.4 Å². The third kappa shape index (κ3) is 10.2. The zero-order valence-corrected chi connectivity index (χ0v) is 29.7. The molecule has 2 bridgehead atoms. The molecule has 0 N–H and O–H groups in total. The second-order valence-electron chi connectivity index (χ2n) is 11.7. The molecule has 0 atom stereocenters. The van der Waals surface area contributed by atoms with E-state index in [0.717, 1.165) is 38.9 Å². The third-order valence-corrected chi connectivity index (χ3v) is 10.6. The maximum absolute atomic E-state index is 13.2. The van der Waals surface area contributed by atoms with E-state index in [1.807, 2.05) is 30.3 Å². The first-order valence-corrected chi connectivity index (χ1v) is 17.6. The molecule has 0 nitrogen and oxygen atoms in total. The van der Waals surface area contributed by atoms with Gasteiger partial charge in [0.25, 0.3) is 0 Å². The average molecular weight is 767 g/mol. The molecule has 0 unspecified atom stereocenters. The number of rotatable bonds is 6. The van der Waals surface area contributed by atoms with Gasteiger partial charge in [0, 0.05) is 19.5 Å². The summed E-state index contributed by atoms with van der Waals surface area (Å²) in [5, 5.41) is 2.78. The van der Waals surface area contributed by atoms with Crippen molar-refractivity contribution in [2.45, 2.75) is 6.42 Å². The Kier molecular flexibility index (Phi) is 13.5. The first kappa shape index (κ1) is 36.7. The van der Waals surface area contributed by atoms with E-state index < -0.39 is 7.92 Å². The summed E-state index contributed by atoms with van der Waals surface area (Å²) in [4.78, 5) is 0. The molecule has 1 radical (unpaired) electrons. The van der Waals surface area contributed by atoms with E-state index in [9.17, 15) is 13.2 Å². The van der Waals surface area contributed by atoms with Gasteiger partial charge in [0.1, 0.15) is 17.5 Å². The van der Waals surface area contributed by atoms with Gasteiger partial charge in [-0.25, -0.2) is 13.2 Å². The molecule has 6 aromatic rings. The summed E-state index contributed by atoms with van der Waals surface area (Å²) >= 11 is 0. The Morgan fingerprint density at radius 1 is 0.440 bits per heavy atom. The molecule has 2 aliphatic carbocycles. The zero-order valence-electron chi connectivity index (χ0n) is 27.2. The van der Waals surface area contributed by atoms with Crippen molar-refractivity contribution < 1.29 is 32.6 Å². The van der Waals surface area contributed by atoms with Crippen molar-refractivity contribution in [1.82, 2.24) is 0 Å². The van der Waals surface area contributed by atoms with E-state index in [1.54, 1.807) is 36.4 Å². The summed E-state index contributed by atoms with van der Waals surface area (Å²) in [6, 6.07) is 49.8. The van der Waals surface area contributed by atoms with Crippen molar-refractivity contribution in [2.24, 2.45) is 11.8 Å². The summed E-state index contributed by atoms with van der Waals surface area (Å²) < 4.78 is 39.5. The van der Waals surface area contributed by atoms with Crippen LogP contribution in [0.3, 0.4) is 0 Å². The van der Waals surface area contributed by atoms with Crippen molar-refractivity contribution in [2.75, 3.05) is 0 Å². The van der Waals surface area contributed by atoms with Crippen molar-refractivity contribution in [3.05, 3.63) is 228 Å². The largest absolute Gasteiger partial charge is 0.207 e. The SMILES string of the molecule is C1=CC2C=CC1C2.Fc1ccc(P(c2ccc(F)cc2)c2ccc(F)cc2)cc1.[C-](=C(c1ccccc1)c1ccccc1)c1ccccc1.[Rh]. The van der Waals surface area contributed by atoms with Gasteiger partial charge in [-0.15, -0.1) is 29.3 Å². The van der Waals surface area contributed by atoms with Crippen LogP contribution in [0.15, 0.2) is 188 Å².